The molecule has 0 rings (SSSR count). The molecule has 0 atom stereocenters. The maximum atomic E-state index is 3.68. The Morgan fingerprint density at radius 2 is 0.488 bits per heavy atom. The summed E-state index contributed by atoms with van der Waals surface area (Å²) in [5.41, 5.74) is 0. The molecule has 1 heteroatoms. The van der Waals surface area contributed by atoms with E-state index in [1.54, 1.807) is 0 Å². The molecule has 0 radical (unpaired) electrons. The summed E-state index contributed by atoms with van der Waals surface area (Å²) >= 11 is 0. The lowest BCUT2D eigenvalue weighted by Gasteiger charge is -2.06. The number of hydrogen-bond donors (Lipinski definition) is 1. The summed E-state index contributed by atoms with van der Waals surface area (Å²) in [6, 6.07) is 0. The standard InChI is InChI=1S/C40H81N/c1-3-5-7-9-11-13-15-17-19-21-22-23-24-26-28-30-32-34-36-38-40-41-39-37-35-33-31-29-27-25-20-18-16-14-12-10-8-6-4-2/h18,20,41H,3-17,19,21-40H2,1-2H3/b20-18-. The van der Waals surface area contributed by atoms with Gasteiger partial charge in [0, 0.05) is 0 Å². The molecule has 41 heavy (non-hydrogen) atoms. The van der Waals surface area contributed by atoms with Crippen molar-refractivity contribution in [1.29, 1.82) is 0 Å². The van der Waals surface area contributed by atoms with Crippen LogP contribution in [-0.2, 0) is 0 Å². The zero-order valence-corrected chi connectivity index (χ0v) is 29.1. The largest absolute Gasteiger partial charge is 0.317 e. The Balaban J connectivity index is 3.05. The molecule has 1 nitrogen and oxygen atoms in total. The summed E-state index contributed by atoms with van der Waals surface area (Å²) in [4.78, 5) is 0. The number of unbranched alkanes of at least 4 members (excludes halogenated alkanes) is 31. The third kappa shape index (κ3) is 39.7. The van der Waals surface area contributed by atoms with Crippen LogP contribution in [-0.4, -0.2) is 13.1 Å². The van der Waals surface area contributed by atoms with Gasteiger partial charge in [-0.1, -0.05) is 206 Å². The van der Waals surface area contributed by atoms with Crippen molar-refractivity contribution in [2.24, 2.45) is 0 Å². The Hall–Kier alpha value is -0.300. The van der Waals surface area contributed by atoms with E-state index < -0.39 is 0 Å². The van der Waals surface area contributed by atoms with E-state index in [-0.39, 0.29) is 0 Å². The predicted molar refractivity (Wildman–Crippen MR) is 190 cm³/mol. The zero-order chi connectivity index (χ0) is 29.6. The van der Waals surface area contributed by atoms with Crippen LogP contribution in [0.15, 0.2) is 12.2 Å². The Bertz CT molecular complexity index is 456. The van der Waals surface area contributed by atoms with Crippen molar-refractivity contribution in [3.8, 4) is 0 Å². The minimum Gasteiger partial charge on any atom is -0.317 e. The lowest BCUT2D eigenvalue weighted by Crippen LogP contribution is -2.16. The highest BCUT2D eigenvalue weighted by Gasteiger charge is 1.96. The molecule has 246 valence electrons. The van der Waals surface area contributed by atoms with Gasteiger partial charge in [0.25, 0.3) is 0 Å². The second kappa shape index (κ2) is 39.7. The maximum Gasteiger partial charge on any atom is -0.00489 e. The lowest BCUT2D eigenvalue weighted by atomic mass is 10.0. The Kier molecular flexibility index (Phi) is 39.4. The third-order valence-electron chi connectivity index (χ3n) is 9.07. The molecule has 0 saturated carbocycles. The Labute approximate surface area is 262 Å². The summed E-state index contributed by atoms with van der Waals surface area (Å²) in [6.45, 7) is 7.08. The highest BCUT2D eigenvalue weighted by Crippen LogP contribution is 2.15. The van der Waals surface area contributed by atoms with Gasteiger partial charge < -0.3 is 5.32 Å². The van der Waals surface area contributed by atoms with Crippen molar-refractivity contribution in [2.45, 2.75) is 232 Å². The molecule has 0 unspecified atom stereocenters. The number of nitrogens with one attached hydrogen (secondary N) is 1. The van der Waals surface area contributed by atoms with Crippen molar-refractivity contribution in [2.75, 3.05) is 13.1 Å². The molecule has 0 aliphatic heterocycles. The van der Waals surface area contributed by atoms with E-state index in [4.69, 9.17) is 0 Å². The normalized spacial score (nSPS) is 11.8. The van der Waals surface area contributed by atoms with Crippen molar-refractivity contribution in [3.05, 3.63) is 12.2 Å². The molecular formula is C40H81N. The fraction of sp³-hybridized carbons (Fsp3) is 0.950. The average molecular weight is 576 g/mol. The van der Waals surface area contributed by atoms with Crippen LogP contribution in [0.5, 0.6) is 0 Å². The van der Waals surface area contributed by atoms with Crippen LogP contribution in [0.1, 0.15) is 232 Å². The molecule has 0 amide bonds. The highest BCUT2D eigenvalue weighted by molar-refractivity contribution is 4.81. The molecule has 0 aliphatic carbocycles. The molecule has 0 bridgehead atoms. The third-order valence-corrected chi connectivity index (χ3v) is 9.07. The highest BCUT2D eigenvalue weighted by atomic mass is 14.8. The molecule has 0 heterocycles. The maximum absolute atomic E-state index is 3.68. The molecular weight excluding hydrogens is 494 g/mol. The molecule has 0 aromatic heterocycles. The monoisotopic (exact) mass is 576 g/mol. The van der Waals surface area contributed by atoms with Gasteiger partial charge in [0.2, 0.25) is 0 Å². The van der Waals surface area contributed by atoms with E-state index in [0.717, 1.165) is 0 Å². The topological polar surface area (TPSA) is 12.0 Å². The van der Waals surface area contributed by atoms with E-state index in [9.17, 15) is 0 Å². The van der Waals surface area contributed by atoms with E-state index in [1.165, 1.54) is 231 Å². The molecule has 0 aromatic carbocycles. The van der Waals surface area contributed by atoms with Crippen LogP contribution in [0, 0.1) is 0 Å². The number of allylic oxidation sites excluding steroid dienone is 2. The first-order valence-corrected chi connectivity index (χ1v) is 19.8. The Morgan fingerprint density at radius 1 is 0.268 bits per heavy atom. The van der Waals surface area contributed by atoms with Crippen LogP contribution in [0.2, 0.25) is 0 Å². The van der Waals surface area contributed by atoms with Crippen molar-refractivity contribution >= 4 is 0 Å². The molecule has 1 N–H and O–H groups in total. The van der Waals surface area contributed by atoms with Gasteiger partial charge in [0.15, 0.2) is 0 Å². The van der Waals surface area contributed by atoms with Crippen LogP contribution in [0.25, 0.3) is 0 Å². The summed E-state index contributed by atoms with van der Waals surface area (Å²) in [7, 11) is 0. The zero-order valence-electron chi connectivity index (χ0n) is 29.1. The van der Waals surface area contributed by atoms with E-state index in [1.807, 2.05) is 0 Å². The second-order valence-corrected chi connectivity index (χ2v) is 13.4. The summed E-state index contributed by atoms with van der Waals surface area (Å²) in [5, 5.41) is 3.68. The van der Waals surface area contributed by atoms with Gasteiger partial charge in [-0.15, -0.1) is 0 Å². The smallest absolute Gasteiger partial charge is 0.00489 e. The number of hydrogen-bond acceptors (Lipinski definition) is 1. The fourth-order valence-corrected chi connectivity index (χ4v) is 6.13. The lowest BCUT2D eigenvalue weighted by molar-refractivity contribution is 0.516. The van der Waals surface area contributed by atoms with E-state index >= 15 is 0 Å². The molecule has 0 aromatic rings. The van der Waals surface area contributed by atoms with Crippen LogP contribution >= 0.6 is 0 Å². The minimum atomic E-state index is 1.24. The van der Waals surface area contributed by atoms with Crippen molar-refractivity contribution in [1.82, 2.24) is 5.32 Å². The minimum absolute atomic E-state index is 1.24. The Morgan fingerprint density at radius 3 is 0.756 bits per heavy atom. The second-order valence-electron chi connectivity index (χ2n) is 13.4. The summed E-state index contributed by atoms with van der Waals surface area (Å²) < 4.78 is 0. The first-order chi connectivity index (χ1) is 20.4. The van der Waals surface area contributed by atoms with Crippen LogP contribution in [0.4, 0.5) is 0 Å². The predicted octanol–water partition coefficient (Wildman–Crippen LogP) is 14.4. The first kappa shape index (κ1) is 40.7. The van der Waals surface area contributed by atoms with Gasteiger partial charge in [0.1, 0.15) is 0 Å². The van der Waals surface area contributed by atoms with E-state index in [0.29, 0.717) is 0 Å². The van der Waals surface area contributed by atoms with Crippen molar-refractivity contribution in [3.63, 3.8) is 0 Å². The van der Waals surface area contributed by atoms with Gasteiger partial charge in [0.05, 0.1) is 0 Å². The van der Waals surface area contributed by atoms with Gasteiger partial charge in [-0.3, -0.25) is 0 Å². The quantitative estimate of drug-likeness (QED) is 0.0573. The molecule has 0 aliphatic rings. The SMILES string of the molecule is CCCCCCCC/C=C\CCCCCCCCNCCCCCCCCCCCCCCCCCCCCCC. The molecule has 0 saturated heterocycles. The van der Waals surface area contributed by atoms with Crippen LogP contribution < -0.4 is 5.32 Å². The molecule has 0 fully saturated rings. The number of rotatable bonds is 37. The van der Waals surface area contributed by atoms with Gasteiger partial charge in [-0.25, -0.2) is 0 Å². The van der Waals surface area contributed by atoms with E-state index in [2.05, 4.69) is 31.3 Å². The van der Waals surface area contributed by atoms with Gasteiger partial charge in [-0.05, 0) is 51.6 Å². The van der Waals surface area contributed by atoms with Crippen molar-refractivity contribution < 1.29 is 0 Å². The fourth-order valence-electron chi connectivity index (χ4n) is 6.13. The van der Waals surface area contributed by atoms with Gasteiger partial charge >= 0.3 is 0 Å². The van der Waals surface area contributed by atoms with Crippen LogP contribution in [0.3, 0.4) is 0 Å². The average Bonchev–Trinajstić information content (AvgIpc) is 2.98. The summed E-state index contributed by atoms with van der Waals surface area (Å²) in [6.07, 6.45) is 53.7. The molecule has 0 spiro atoms. The van der Waals surface area contributed by atoms with Gasteiger partial charge in [-0.2, -0.15) is 0 Å². The first-order valence-electron chi connectivity index (χ1n) is 19.8. The summed E-state index contributed by atoms with van der Waals surface area (Å²) in [5.74, 6) is 0.